The van der Waals surface area contributed by atoms with Crippen LogP contribution in [0.4, 0.5) is 4.39 Å². The first-order valence-corrected chi connectivity index (χ1v) is 41.2. The zero-order valence-corrected chi connectivity index (χ0v) is 65.7. The molecule has 0 aliphatic carbocycles. The van der Waals surface area contributed by atoms with E-state index >= 15 is 0 Å². The van der Waals surface area contributed by atoms with E-state index in [1.54, 1.807) is 18.2 Å². The average molecular weight is 1530 g/mol. The molecule has 1 N–H and O–H groups in total. The molecule has 3 saturated heterocycles. The normalized spacial score (nSPS) is 16.2. The van der Waals surface area contributed by atoms with Crippen LogP contribution in [0.5, 0.6) is 51.7 Å². The Balaban J connectivity index is 0.563. The summed E-state index contributed by atoms with van der Waals surface area (Å²) in [5.41, 5.74) is 10.1. The number of ketones is 3. The summed E-state index contributed by atoms with van der Waals surface area (Å²) < 4.78 is 50.2. The number of phenols is 1. The molecule has 560 valence electrons. The van der Waals surface area contributed by atoms with E-state index in [1.165, 1.54) is 96.0 Å². The molecule has 15 rings (SSSR count). The molecule has 3 aromatic heterocycles. The lowest BCUT2D eigenvalue weighted by molar-refractivity contribution is 0.103. The number of thiophene rings is 3. The molecule has 0 amide bonds. The van der Waals surface area contributed by atoms with Gasteiger partial charge < -0.3 is 43.5 Å². The maximum absolute atomic E-state index is 14.9. The highest BCUT2D eigenvalue weighted by molar-refractivity contribution is 7.22. The van der Waals surface area contributed by atoms with Gasteiger partial charge in [-0.1, -0.05) is 96.7 Å². The van der Waals surface area contributed by atoms with Gasteiger partial charge in [0, 0.05) is 79.7 Å². The third-order valence-electron chi connectivity index (χ3n) is 21.7. The third-order valence-corrected chi connectivity index (χ3v) is 25.4. The number of phenolic OH excluding ortho intramolecular Hbond substituents is 1. The Morgan fingerprint density at radius 1 is 0.422 bits per heavy atom. The van der Waals surface area contributed by atoms with Gasteiger partial charge in [-0.15, -0.1) is 34.0 Å². The Labute approximate surface area is 654 Å². The van der Waals surface area contributed by atoms with Gasteiger partial charge in [0.2, 0.25) is 17.3 Å². The van der Waals surface area contributed by atoms with E-state index in [2.05, 4.69) is 76.2 Å². The van der Waals surface area contributed by atoms with Gasteiger partial charge in [-0.05, 0) is 280 Å². The van der Waals surface area contributed by atoms with Crippen LogP contribution in [0.15, 0.2) is 176 Å². The number of likely N-dealkylation sites (tertiary alicyclic amines) is 3. The first-order chi connectivity index (χ1) is 53.0. The zero-order valence-electron chi connectivity index (χ0n) is 62.5. The minimum atomic E-state index is -0.537. The van der Waals surface area contributed by atoms with E-state index < -0.39 is 11.6 Å². The van der Waals surface area contributed by atoms with Gasteiger partial charge >= 0.3 is 0 Å². The van der Waals surface area contributed by atoms with Gasteiger partial charge in [-0.25, -0.2) is 4.39 Å². The number of halogens is 2. The summed E-state index contributed by atoms with van der Waals surface area (Å²) in [6.45, 7) is 19.0. The van der Waals surface area contributed by atoms with Crippen LogP contribution in [0, 0.1) is 40.4 Å². The van der Waals surface area contributed by atoms with E-state index in [0.717, 1.165) is 180 Å². The summed E-state index contributed by atoms with van der Waals surface area (Å²) in [6.07, 6.45) is 13.6. The Hall–Kier alpha value is -9.23. The fourth-order valence-electron chi connectivity index (χ4n) is 15.9. The number of nitrogens with zero attached hydrogens (tertiary/aromatic N) is 3. The first kappa shape index (κ1) is 75.2. The summed E-state index contributed by atoms with van der Waals surface area (Å²) >= 11 is 10.5. The second-order valence-corrected chi connectivity index (χ2v) is 33.3. The molecule has 6 heterocycles. The largest absolute Gasteiger partial charge is 0.508 e. The Morgan fingerprint density at radius 2 is 0.817 bits per heavy atom. The lowest BCUT2D eigenvalue weighted by Crippen LogP contribution is -2.28. The SMILES string of the molecule is Cc1cc(C)c(C(=O)c2sc3cc(OC4CCCN(CCc5ccc(Oc6c(C(=O)c7ccc(F)cc7Cl)sc7cc(O)ccc67)cc5)CC4)ccc3c2Oc2ccc(CCN3CCCC(Oc4ccc5c(Oc6ccc(CCN7CCCCCC7)cc6)c(C(=O)c6c(C)cccc6C)sc5c4)CC3)cc2)c(C)c1. The number of ether oxygens (including phenoxy) is 5. The molecular weight excluding hydrogens is 1440 g/mol. The molecule has 2 unspecified atom stereocenters. The summed E-state index contributed by atoms with van der Waals surface area (Å²) in [6, 6.07) is 55.7. The zero-order chi connectivity index (χ0) is 75.2. The van der Waals surface area contributed by atoms with Crippen molar-refractivity contribution in [1.29, 1.82) is 0 Å². The summed E-state index contributed by atoms with van der Waals surface area (Å²) in [7, 11) is 0. The van der Waals surface area contributed by atoms with Crippen molar-refractivity contribution in [3.05, 3.63) is 263 Å². The molecule has 2 atom stereocenters. The maximum Gasteiger partial charge on any atom is 0.208 e. The van der Waals surface area contributed by atoms with Gasteiger partial charge in [-0.2, -0.15) is 0 Å². The number of hydrogen-bond donors (Lipinski definition) is 1. The molecule has 12 nitrogen and oxygen atoms in total. The number of benzene rings is 9. The van der Waals surface area contributed by atoms with Gasteiger partial charge in [-0.3, -0.25) is 14.4 Å². The quantitative estimate of drug-likeness (QED) is 0.0547. The van der Waals surface area contributed by atoms with E-state index in [9.17, 15) is 23.9 Å². The lowest BCUT2D eigenvalue weighted by atomic mass is 9.95. The van der Waals surface area contributed by atoms with Crippen LogP contribution in [0.3, 0.4) is 0 Å². The molecule has 17 heteroatoms. The van der Waals surface area contributed by atoms with E-state index in [0.29, 0.717) is 64.8 Å². The summed E-state index contributed by atoms with van der Waals surface area (Å²) in [4.78, 5) is 52.5. The number of carbonyl (C=O) groups is 3. The number of carbonyl (C=O) groups excluding carboxylic acids is 3. The Morgan fingerprint density at radius 3 is 1.27 bits per heavy atom. The molecule has 0 radical (unpaired) electrons. The highest BCUT2D eigenvalue weighted by atomic mass is 35.5. The second-order valence-electron chi connectivity index (χ2n) is 29.7. The number of aryl methyl sites for hydroxylation is 5. The van der Waals surface area contributed by atoms with Crippen molar-refractivity contribution in [2.24, 2.45) is 0 Å². The van der Waals surface area contributed by atoms with Crippen LogP contribution in [-0.2, 0) is 19.3 Å². The van der Waals surface area contributed by atoms with Crippen molar-refractivity contribution in [2.45, 2.75) is 130 Å². The summed E-state index contributed by atoms with van der Waals surface area (Å²) in [5.74, 6) is 4.05. The van der Waals surface area contributed by atoms with E-state index in [4.69, 9.17) is 35.3 Å². The van der Waals surface area contributed by atoms with Gasteiger partial charge in [0.05, 0.1) is 17.2 Å². The predicted molar refractivity (Wildman–Crippen MR) is 440 cm³/mol. The van der Waals surface area contributed by atoms with Crippen molar-refractivity contribution in [3.8, 4) is 51.7 Å². The highest BCUT2D eigenvalue weighted by Crippen LogP contribution is 2.48. The highest BCUT2D eigenvalue weighted by Gasteiger charge is 2.30. The first-order valence-electron chi connectivity index (χ1n) is 38.4. The molecule has 0 bridgehead atoms. The van der Waals surface area contributed by atoms with Gasteiger partial charge in [0.25, 0.3) is 0 Å². The smallest absolute Gasteiger partial charge is 0.208 e. The Bertz CT molecular complexity index is 5270. The third kappa shape index (κ3) is 17.7. The van der Waals surface area contributed by atoms with Gasteiger partial charge in [0.1, 0.15) is 54.9 Å². The van der Waals surface area contributed by atoms with Crippen LogP contribution in [-0.4, -0.2) is 108 Å². The van der Waals surface area contributed by atoms with Crippen LogP contribution < -0.4 is 23.7 Å². The Kier molecular flexibility index (Phi) is 23.4. The number of aromatic hydroxyl groups is 1. The second kappa shape index (κ2) is 33.9. The van der Waals surface area contributed by atoms with Crippen molar-refractivity contribution < 1.29 is 47.6 Å². The number of fused-ring (bicyclic) bond motifs is 3. The molecule has 3 aliphatic heterocycles. The van der Waals surface area contributed by atoms with Crippen LogP contribution >= 0.6 is 45.6 Å². The number of rotatable bonds is 25. The van der Waals surface area contributed by atoms with Crippen LogP contribution in [0.25, 0.3) is 30.3 Å². The molecule has 109 heavy (non-hydrogen) atoms. The molecule has 0 spiro atoms. The predicted octanol–water partition coefficient (Wildman–Crippen LogP) is 22.8. The van der Waals surface area contributed by atoms with Crippen molar-refractivity contribution in [3.63, 3.8) is 0 Å². The molecule has 12 aromatic rings. The van der Waals surface area contributed by atoms with E-state index in [1.807, 2.05) is 113 Å². The van der Waals surface area contributed by atoms with Crippen LogP contribution in [0.2, 0.25) is 5.02 Å². The molecule has 0 saturated carbocycles. The van der Waals surface area contributed by atoms with E-state index in [-0.39, 0.29) is 40.1 Å². The lowest BCUT2D eigenvalue weighted by Gasteiger charge is -2.20. The van der Waals surface area contributed by atoms with Gasteiger partial charge in [0.15, 0.2) is 17.2 Å². The molecule has 3 aliphatic rings. The summed E-state index contributed by atoms with van der Waals surface area (Å²) in [5, 5.41) is 12.7. The number of hydrogen-bond acceptors (Lipinski definition) is 15. The minimum Gasteiger partial charge on any atom is -0.508 e. The standard InChI is InChI=1S/C92H91ClFN3O9S3/c1-57-51-60(4)83(61(5)52-57)86(101)92-89(77-36-32-73(56-81(77)109-92)103-68-16-12-44-96(50-41-68)47-38-63-19-25-69(26-20-63)104-87-75-34-24-66(98)54-79(75)107-90(87)84(99)74-33-23-65(94)53-78(74)93)106-71-29-21-64(22-30-71)39-48-97-45-11-15-67(40-49-97)102-72-31-35-76-80(55-72)108-91(85(100)82-58(2)13-10-14-59(82)3)88(76)105-70-27-17-62(18-28-70)37-46-95-42-8-6-7-9-43-95/h10,13-14,17-36,51-56,67-68,98H,6-9,11-12,15-16,37-50H2,1-5H3. The maximum atomic E-state index is 14.9. The molecule has 9 aromatic carbocycles. The van der Waals surface area contributed by atoms with Crippen molar-refractivity contribution in [1.82, 2.24) is 14.7 Å². The average Bonchev–Trinajstić information content (AvgIpc) is 1.63. The molecular formula is C92H91ClFN3O9S3. The molecule has 3 fully saturated rings. The van der Waals surface area contributed by atoms with Crippen molar-refractivity contribution >= 4 is 93.2 Å². The monoisotopic (exact) mass is 1530 g/mol. The van der Waals surface area contributed by atoms with Crippen LogP contribution in [0.1, 0.15) is 154 Å². The fourth-order valence-corrected chi connectivity index (χ4v) is 19.4. The fraction of sp³-hybridized carbons (Fsp3) is 0.315. The minimum absolute atomic E-state index is 0.00894. The van der Waals surface area contributed by atoms with Crippen molar-refractivity contribution in [2.75, 3.05) is 58.9 Å². The topological polar surface area (TPSA) is 127 Å².